The Balaban J connectivity index is 2.10. The first-order valence-corrected chi connectivity index (χ1v) is 16.1. The van der Waals surface area contributed by atoms with Gasteiger partial charge in [0.05, 0.1) is 24.4 Å². The van der Waals surface area contributed by atoms with Gasteiger partial charge in [0.15, 0.2) is 0 Å². The monoisotopic (exact) mass is 572 g/mol. The predicted molar refractivity (Wildman–Crippen MR) is 164 cm³/mol. The number of hydrogen-bond acceptors (Lipinski definition) is 5. The zero-order valence-electron chi connectivity index (χ0n) is 26.2. The Morgan fingerprint density at radius 1 is 1.00 bits per heavy atom. The van der Waals surface area contributed by atoms with Gasteiger partial charge in [0.1, 0.15) is 6.04 Å². The molecule has 0 aromatic carbocycles. The summed E-state index contributed by atoms with van der Waals surface area (Å²) >= 11 is 0. The van der Waals surface area contributed by atoms with Gasteiger partial charge in [-0.15, -0.1) is 0 Å². The van der Waals surface area contributed by atoms with Crippen molar-refractivity contribution in [3.8, 4) is 0 Å². The Morgan fingerprint density at radius 3 is 2.34 bits per heavy atom. The summed E-state index contributed by atoms with van der Waals surface area (Å²) in [5, 5.41) is 20.5. The van der Waals surface area contributed by atoms with E-state index in [2.05, 4.69) is 27.9 Å². The summed E-state index contributed by atoms with van der Waals surface area (Å²) in [6, 6.07) is 4.47. The first-order chi connectivity index (χ1) is 19.7. The van der Waals surface area contributed by atoms with E-state index in [1.54, 1.807) is 6.20 Å². The van der Waals surface area contributed by atoms with Crippen LogP contribution < -0.4 is 16.0 Å². The number of aliphatic hydroxyl groups excluding tert-OH is 1. The molecule has 0 saturated heterocycles. The molecule has 1 unspecified atom stereocenters. The number of nitrogens with one attached hydrogen (secondary N) is 3. The SMILES string of the molecule is CCCCCC(=O)N[C@@H](CC1CCCCC1)[C@@H](O)C[C@@H](C(=O)N[C@H](C(=O)NCc1ccccn1)C(C)CC)C(C)C. The molecule has 1 aromatic heterocycles. The minimum atomic E-state index is -0.842. The van der Waals surface area contributed by atoms with E-state index < -0.39 is 18.1 Å². The van der Waals surface area contributed by atoms with Crippen molar-refractivity contribution in [2.75, 3.05) is 0 Å². The summed E-state index contributed by atoms with van der Waals surface area (Å²) < 4.78 is 0. The number of aliphatic hydroxyl groups is 1. The molecule has 0 radical (unpaired) electrons. The first kappa shape index (κ1) is 34.7. The van der Waals surface area contributed by atoms with Crippen LogP contribution in [-0.4, -0.2) is 46.0 Å². The van der Waals surface area contributed by atoms with Crippen LogP contribution in [0.1, 0.15) is 117 Å². The third-order valence-electron chi connectivity index (χ3n) is 8.73. The molecule has 1 aliphatic rings. The van der Waals surface area contributed by atoms with Gasteiger partial charge in [-0.3, -0.25) is 19.4 Å². The van der Waals surface area contributed by atoms with Crippen LogP contribution in [0, 0.1) is 23.7 Å². The lowest BCUT2D eigenvalue weighted by atomic mass is 9.81. The standard InChI is InChI=1S/C33H56N4O4/c1-6-8-10-18-30(39)36-28(20-25-15-11-9-12-16-25)29(38)21-27(23(3)4)32(40)37-31(24(5)7-2)33(41)35-22-26-17-13-14-19-34-26/h13-14,17,19,23-25,27-29,31,38H,6-12,15-16,18,20-22H2,1-5H3,(H,35,41)(H,36,39)(H,37,40)/t24?,27-,28+,29+,31+/m1/s1. The number of nitrogens with zero attached hydrogens (tertiary/aromatic N) is 1. The lowest BCUT2D eigenvalue weighted by Gasteiger charge is -2.33. The van der Waals surface area contributed by atoms with Crippen molar-refractivity contribution >= 4 is 17.7 Å². The summed E-state index contributed by atoms with van der Waals surface area (Å²) in [7, 11) is 0. The number of unbranched alkanes of at least 4 members (excludes halogenated alkanes) is 2. The normalized spacial score (nSPS) is 17.7. The van der Waals surface area contributed by atoms with E-state index in [0.29, 0.717) is 12.3 Å². The first-order valence-electron chi connectivity index (χ1n) is 16.1. The van der Waals surface area contributed by atoms with Gasteiger partial charge < -0.3 is 21.1 Å². The Morgan fingerprint density at radius 2 is 1.73 bits per heavy atom. The Bertz CT molecular complexity index is 904. The highest BCUT2D eigenvalue weighted by atomic mass is 16.3. The third-order valence-corrected chi connectivity index (χ3v) is 8.73. The zero-order chi connectivity index (χ0) is 30.2. The Hall–Kier alpha value is -2.48. The minimum Gasteiger partial charge on any atom is -0.391 e. The number of amides is 3. The van der Waals surface area contributed by atoms with Gasteiger partial charge in [0.25, 0.3) is 0 Å². The molecule has 8 heteroatoms. The fourth-order valence-electron chi connectivity index (χ4n) is 5.77. The predicted octanol–water partition coefficient (Wildman–Crippen LogP) is 5.29. The van der Waals surface area contributed by atoms with Gasteiger partial charge in [0.2, 0.25) is 17.7 Å². The molecule has 0 aliphatic heterocycles. The second kappa shape index (κ2) is 18.9. The summed E-state index contributed by atoms with van der Waals surface area (Å²) in [6.07, 6.45) is 11.7. The van der Waals surface area contributed by atoms with Crippen molar-refractivity contribution < 1.29 is 19.5 Å². The average molecular weight is 573 g/mol. The molecule has 8 nitrogen and oxygen atoms in total. The molecule has 232 valence electrons. The topological polar surface area (TPSA) is 120 Å². The summed E-state index contributed by atoms with van der Waals surface area (Å²) in [4.78, 5) is 43.8. The molecule has 4 N–H and O–H groups in total. The highest BCUT2D eigenvalue weighted by molar-refractivity contribution is 5.88. The van der Waals surface area contributed by atoms with Gasteiger partial charge in [-0.05, 0) is 49.1 Å². The van der Waals surface area contributed by atoms with E-state index in [1.807, 2.05) is 45.9 Å². The van der Waals surface area contributed by atoms with E-state index >= 15 is 0 Å². The van der Waals surface area contributed by atoms with E-state index in [1.165, 1.54) is 19.3 Å². The van der Waals surface area contributed by atoms with Crippen LogP contribution in [-0.2, 0) is 20.9 Å². The summed E-state index contributed by atoms with van der Waals surface area (Å²) in [5.74, 6) is -0.630. The Kier molecular flexibility index (Phi) is 16.0. The molecule has 1 aromatic rings. The van der Waals surface area contributed by atoms with Gasteiger partial charge >= 0.3 is 0 Å². The van der Waals surface area contributed by atoms with Crippen LogP contribution in [0.2, 0.25) is 0 Å². The Labute approximate surface area is 248 Å². The number of hydrogen-bond donors (Lipinski definition) is 4. The molecule has 0 bridgehead atoms. The van der Waals surface area contributed by atoms with Crippen LogP contribution in [0.15, 0.2) is 24.4 Å². The van der Waals surface area contributed by atoms with E-state index in [-0.39, 0.29) is 48.6 Å². The lowest BCUT2D eigenvalue weighted by molar-refractivity contribution is -0.134. The van der Waals surface area contributed by atoms with Gasteiger partial charge in [-0.1, -0.05) is 92.1 Å². The number of aromatic nitrogens is 1. The van der Waals surface area contributed by atoms with Gasteiger partial charge in [-0.2, -0.15) is 0 Å². The van der Waals surface area contributed by atoms with Crippen LogP contribution >= 0.6 is 0 Å². The molecule has 2 rings (SSSR count). The molecule has 1 saturated carbocycles. The minimum absolute atomic E-state index is 0.0229. The summed E-state index contributed by atoms with van der Waals surface area (Å²) in [5.41, 5.74) is 0.749. The van der Waals surface area contributed by atoms with Crippen LogP contribution in [0.4, 0.5) is 0 Å². The van der Waals surface area contributed by atoms with E-state index in [4.69, 9.17) is 0 Å². The maximum Gasteiger partial charge on any atom is 0.243 e. The number of pyridine rings is 1. The van der Waals surface area contributed by atoms with Crippen LogP contribution in [0.3, 0.4) is 0 Å². The third kappa shape index (κ3) is 12.5. The smallest absolute Gasteiger partial charge is 0.243 e. The highest BCUT2D eigenvalue weighted by Crippen LogP contribution is 2.30. The molecular formula is C33H56N4O4. The molecule has 3 amide bonds. The van der Waals surface area contributed by atoms with Crippen molar-refractivity contribution in [2.24, 2.45) is 23.7 Å². The fourth-order valence-corrected chi connectivity index (χ4v) is 5.77. The van der Waals surface area contributed by atoms with Crippen molar-refractivity contribution in [3.63, 3.8) is 0 Å². The zero-order valence-corrected chi connectivity index (χ0v) is 26.2. The van der Waals surface area contributed by atoms with E-state index in [0.717, 1.165) is 50.6 Å². The second-order valence-electron chi connectivity index (χ2n) is 12.4. The molecule has 1 aliphatic carbocycles. The van der Waals surface area contributed by atoms with Gasteiger partial charge in [-0.25, -0.2) is 0 Å². The van der Waals surface area contributed by atoms with E-state index in [9.17, 15) is 19.5 Å². The quantitative estimate of drug-likeness (QED) is 0.178. The van der Waals surface area contributed by atoms with Crippen LogP contribution in [0.25, 0.3) is 0 Å². The highest BCUT2D eigenvalue weighted by Gasteiger charge is 2.34. The second-order valence-corrected chi connectivity index (χ2v) is 12.4. The molecule has 1 fully saturated rings. The molecular weight excluding hydrogens is 516 g/mol. The lowest BCUT2D eigenvalue weighted by Crippen LogP contribution is -2.53. The van der Waals surface area contributed by atoms with Gasteiger partial charge in [0, 0.05) is 18.5 Å². The number of carbonyl (C=O) groups is 3. The molecule has 41 heavy (non-hydrogen) atoms. The number of carbonyl (C=O) groups excluding carboxylic acids is 3. The van der Waals surface area contributed by atoms with Crippen molar-refractivity contribution in [1.29, 1.82) is 0 Å². The molecule has 1 heterocycles. The van der Waals surface area contributed by atoms with Crippen LogP contribution in [0.5, 0.6) is 0 Å². The fraction of sp³-hybridized carbons (Fsp3) is 0.758. The molecule has 0 spiro atoms. The maximum atomic E-state index is 13.6. The average Bonchev–Trinajstić information content (AvgIpc) is 2.97. The maximum absolute atomic E-state index is 13.6. The van der Waals surface area contributed by atoms with Crippen molar-refractivity contribution in [2.45, 2.75) is 136 Å². The number of rotatable bonds is 18. The van der Waals surface area contributed by atoms with Crippen molar-refractivity contribution in [1.82, 2.24) is 20.9 Å². The largest absolute Gasteiger partial charge is 0.391 e. The summed E-state index contributed by atoms with van der Waals surface area (Å²) in [6.45, 7) is 10.3. The molecule has 5 atom stereocenters. The van der Waals surface area contributed by atoms with Crippen molar-refractivity contribution in [3.05, 3.63) is 30.1 Å².